The summed E-state index contributed by atoms with van der Waals surface area (Å²) in [7, 11) is 3.28. The van der Waals surface area contributed by atoms with Gasteiger partial charge in [-0.2, -0.15) is 5.10 Å². The van der Waals surface area contributed by atoms with Crippen LogP contribution in [0.2, 0.25) is 5.02 Å². The molecule has 0 saturated heterocycles. The van der Waals surface area contributed by atoms with Crippen molar-refractivity contribution in [2.24, 2.45) is 5.10 Å². The molecule has 24 heavy (non-hydrogen) atoms. The van der Waals surface area contributed by atoms with Gasteiger partial charge < -0.3 is 14.8 Å². The zero-order chi connectivity index (χ0) is 17.4. The van der Waals surface area contributed by atoms with Crippen LogP contribution in [0, 0.1) is 0 Å². The topological polar surface area (TPSA) is 54.9 Å². The molecule has 0 saturated carbocycles. The molecule has 0 amide bonds. The maximum atomic E-state index is 6.32. The van der Waals surface area contributed by atoms with Crippen molar-refractivity contribution >= 4 is 35.1 Å². The van der Waals surface area contributed by atoms with Crippen LogP contribution in [0.5, 0.6) is 11.5 Å². The van der Waals surface area contributed by atoms with Crippen molar-refractivity contribution in [2.45, 2.75) is 6.61 Å². The number of nitrogens with zero attached hydrogens (tertiary/aromatic N) is 1. The lowest BCUT2D eigenvalue weighted by atomic mass is 10.2. The predicted molar refractivity (Wildman–Crippen MR) is 101 cm³/mol. The van der Waals surface area contributed by atoms with Crippen LogP contribution in [0.1, 0.15) is 11.1 Å². The first kappa shape index (κ1) is 18.0. The highest BCUT2D eigenvalue weighted by molar-refractivity contribution is 7.80. The molecule has 2 aromatic carbocycles. The molecule has 0 aliphatic carbocycles. The van der Waals surface area contributed by atoms with Gasteiger partial charge in [-0.1, -0.05) is 41.9 Å². The summed E-state index contributed by atoms with van der Waals surface area (Å²) in [6.45, 7) is 0.405. The lowest BCUT2D eigenvalue weighted by molar-refractivity contribution is 0.284. The molecule has 0 fully saturated rings. The number of nitrogens with one attached hydrogen (secondary N) is 2. The first-order valence-corrected chi connectivity index (χ1v) is 7.97. The quantitative estimate of drug-likeness (QED) is 0.468. The minimum absolute atomic E-state index is 0.405. The Morgan fingerprint density at radius 2 is 2.04 bits per heavy atom. The molecule has 0 radical (unpaired) electrons. The first-order valence-electron chi connectivity index (χ1n) is 7.19. The molecule has 5 nitrogen and oxygen atoms in total. The second-order valence-corrected chi connectivity index (χ2v) is 5.57. The molecule has 0 aromatic heterocycles. The van der Waals surface area contributed by atoms with E-state index in [1.807, 2.05) is 30.3 Å². The normalized spacial score (nSPS) is 10.5. The van der Waals surface area contributed by atoms with E-state index in [1.165, 1.54) is 0 Å². The average molecular weight is 364 g/mol. The van der Waals surface area contributed by atoms with Crippen LogP contribution in [0.15, 0.2) is 47.6 Å². The van der Waals surface area contributed by atoms with E-state index >= 15 is 0 Å². The van der Waals surface area contributed by atoms with Gasteiger partial charge in [0.05, 0.1) is 18.3 Å². The molecular weight excluding hydrogens is 346 g/mol. The Balaban J connectivity index is 2.13. The van der Waals surface area contributed by atoms with Gasteiger partial charge >= 0.3 is 0 Å². The highest BCUT2D eigenvalue weighted by Gasteiger charge is 2.11. The molecule has 2 N–H and O–H groups in total. The van der Waals surface area contributed by atoms with E-state index in [4.69, 9.17) is 33.3 Å². The van der Waals surface area contributed by atoms with Gasteiger partial charge in [-0.15, -0.1) is 0 Å². The van der Waals surface area contributed by atoms with Gasteiger partial charge in [-0.05, 0) is 35.5 Å². The molecule has 0 spiro atoms. The van der Waals surface area contributed by atoms with Crippen molar-refractivity contribution < 1.29 is 9.47 Å². The van der Waals surface area contributed by atoms with Gasteiger partial charge in [-0.3, -0.25) is 5.43 Å². The standard InChI is InChI=1S/C17H18ClN3O2S/c1-19-17(24)21-20-10-13-8-14(18)16(15(9-13)22-2)23-11-12-6-4-3-5-7-12/h3-10H,11H2,1-2H3,(H2,19,21,24)/b20-10-. The highest BCUT2D eigenvalue weighted by Crippen LogP contribution is 2.36. The van der Waals surface area contributed by atoms with Gasteiger partial charge in [0.1, 0.15) is 6.61 Å². The second kappa shape index (κ2) is 9.10. The maximum Gasteiger partial charge on any atom is 0.186 e. The van der Waals surface area contributed by atoms with Crippen LogP contribution >= 0.6 is 23.8 Å². The summed E-state index contributed by atoms with van der Waals surface area (Å²) in [6.07, 6.45) is 1.60. The Kier molecular flexibility index (Phi) is 6.84. The van der Waals surface area contributed by atoms with Gasteiger partial charge in [0, 0.05) is 7.05 Å². The fourth-order valence-corrected chi connectivity index (χ4v) is 2.23. The van der Waals surface area contributed by atoms with Gasteiger partial charge in [0.25, 0.3) is 0 Å². The molecule has 2 rings (SSSR count). The minimum Gasteiger partial charge on any atom is -0.493 e. The van der Waals surface area contributed by atoms with Crippen molar-refractivity contribution in [2.75, 3.05) is 14.2 Å². The van der Waals surface area contributed by atoms with Gasteiger partial charge in [-0.25, -0.2) is 0 Å². The van der Waals surface area contributed by atoms with Crippen LogP contribution in [-0.2, 0) is 6.61 Å². The minimum atomic E-state index is 0.405. The maximum absolute atomic E-state index is 6.32. The predicted octanol–water partition coefficient (Wildman–Crippen LogP) is 3.36. The molecule has 126 valence electrons. The lowest BCUT2D eigenvalue weighted by Crippen LogP contribution is -2.28. The number of halogens is 1. The molecule has 2 aromatic rings. The number of methoxy groups -OCH3 is 1. The van der Waals surface area contributed by atoms with E-state index in [2.05, 4.69) is 15.8 Å². The number of ether oxygens (including phenoxy) is 2. The lowest BCUT2D eigenvalue weighted by Gasteiger charge is -2.13. The number of thiocarbonyl (C=S) groups is 1. The smallest absolute Gasteiger partial charge is 0.186 e. The molecule has 0 unspecified atom stereocenters. The summed E-state index contributed by atoms with van der Waals surface area (Å²) in [5, 5.41) is 7.65. The summed E-state index contributed by atoms with van der Waals surface area (Å²) >= 11 is 11.3. The summed E-state index contributed by atoms with van der Waals surface area (Å²) in [5.41, 5.74) is 4.48. The number of benzene rings is 2. The van der Waals surface area contributed by atoms with Crippen molar-refractivity contribution in [1.82, 2.24) is 10.7 Å². The zero-order valence-corrected chi connectivity index (χ0v) is 14.9. The SMILES string of the molecule is CNC(=S)N/N=C\c1cc(Cl)c(OCc2ccccc2)c(OC)c1. The van der Waals surface area contributed by atoms with E-state index in [-0.39, 0.29) is 0 Å². The van der Waals surface area contributed by atoms with Gasteiger partial charge in [0.2, 0.25) is 0 Å². The third-order valence-electron chi connectivity index (χ3n) is 3.08. The summed E-state index contributed by atoms with van der Waals surface area (Å²) in [4.78, 5) is 0. The molecule has 0 bridgehead atoms. The van der Waals surface area contributed by atoms with Crippen LogP contribution in [0.4, 0.5) is 0 Å². The highest BCUT2D eigenvalue weighted by atomic mass is 35.5. The largest absolute Gasteiger partial charge is 0.493 e. The third kappa shape index (κ3) is 5.11. The fraction of sp³-hybridized carbons (Fsp3) is 0.176. The second-order valence-electron chi connectivity index (χ2n) is 4.76. The van der Waals surface area contributed by atoms with Crippen LogP contribution in [0.3, 0.4) is 0 Å². The molecule has 0 aliphatic rings. The van der Waals surface area contributed by atoms with E-state index in [0.29, 0.717) is 28.2 Å². The van der Waals surface area contributed by atoms with Crippen molar-refractivity contribution in [3.05, 3.63) is 58.6 Å². The molecular formula is C17H18ClN3O2S. The molecule has 0 aliphatic heterocycles. The number of hydrogen-bond acceptors (Lipinski definition) is 4. The van der Waals surface area contributed by atoms with Crippen LogP contribution in [0.25, 0.3) is 0 Å². The molecule has 7 heteroatoms. The number of hydrogen-bond donors (Lipinski definition) is 2. The van der Waals surface area contributed by atoms with E-state index < -0.39 is 0 Å². The Bertz CT molecular complexity index is 723. The van der Waals surface area contributed by atoms with Gasteiger partial charge in [0.15, 0.2) is 16.6 Å². The molecule has 0 heterocycles. The molecule has 0 atom stereocenters. The summed E-state index contributed by atoms with van der Waals surface area (Å²) in [6, 6.07) is 13.4. The summed E-state index contributed by atoms with van der Waals surface area (Å²) < 4.78 is 11.2. The van der Waals surface area contributed by atoms with E-state index in [9.17, 15) is 0 Å². The van der Waals surface area contributed by atoms with Crippen molar-refractivity contribution in [3.63, 3.8) is 0 Å². The zero-order valence-electron chi connectivity index (χ0n) is 13.4. The third-order valence-corrected chi connectivity index (χ3v) is 3.66. The Morgan fingerprint density at radius 3 is 2.71 bits per heavy atom. The monoisotopic (exact) mass is 363 g/mol. The number of hydrazone groups is 1. The Hall–Kier alpha value is -2.31. The van der Waals surface area contributed by atoms with Crippen LogP contribution in [-0.4, -0.2) is 25.5 Å². The Morgan fingerprint density at radius 1 is 1.29 bits per heavy atom. The first-order chi connectivity index (χ1) is 11.6. The fourth-order valence-electron chi connectivity index (χ4n) is 1.91. The van der Waals surface area contributed by atoms with Crippen LogP contribution < -0.4 is 20.2 Å². The van der Waals surface area contributed by atoms with Crippen molar-refractivity contribution in [1.29, 1.82) is 0 Å². The summed E-state index contributed by atoms with van der Waals surface area (Å²) in [5.74, 6) is 1.04. The van der Waals surface area contributed by atoms with Crippen molar-refractivity contribution in [3.8, 4) is 11.5 Å². The van der Waals surface area contributed by atoms with E-state index in [1.54, 1.807) is 32.5 Å². The average Bonchev–Trinajstić information content (AvgIpc) is 2.61. The van der Waals surface area contributed by atoms with E-state index in [0.717, 1.165) is 11.1 Å². The number of rotatable bonds is 6. The Labute approximate surface area is 151 Å².